The van der Waals surface area contributed by atoms with Crippen molar-refractivity contribution in [1.82, 2.24) is 0 Å². The second-order valence-electron chi connectivity index (χ2n) is 4.12. The lowest BCUT2D eigenvalue weighted by Gasteiger charge is -2.13. The number of ether oxygens (including phenoxy) is 1. The number of esters is 1. The predicted molar refractivity (Wildman–Crippen MR) is 68.2 cm³/mol. The van der Waals surface area contributed by atoms with Gasteiger partial charge in [-0.05, 0) is 23.3 Å². The van der Waals surface area contributed by atoms with Crippen LogP contribution in [-0.4, -0.2) is 13.1 Å². The molecule has 0 N–H and O–H groups in total. The van der Waals surface area contributed by atoms with Crippen molar-refractivity contribution < 1.29 is 22.7 Å². The number of hydrogen-bond donors (Lipinski definition) is 0. The van der Waals surface area contributed by atoms with Gasteiger partial charge in [-0.2, -0.15) is 13.2 Å². The van der Waals surface area contributed by atoms with Gasteiger partial charge in [-0.25, -0.2) is 4.79 Å². The van der Waals surface area contributed by atoms with Crippen LogP contribution in [0.25, 0.3) is 11.1 Å². The van der Waals surface area contributed by atoms with Crippen LogP contribution in [0.1, 0.15) is 15.9 Å². The average Bonchev–Trinajstić information content (AvgIpc) is 2.45. The molecule has 0 fully saturated rings. The maximum absolute atomic E-state index is 12.9. The monoisotopic (exact) mass is 280 g/mol. The van der Waals surface area contributed by atoms with Gasteiger partial charge in [0.05, 0.1) is 18.2 Å². The van der Waals surface area contributed by atoms with E-state index in [1.807, 2.05) is 0 Å². The molecule has 0 saturated carbocycles. The molecule has 2 aromatic rings. The van der Waals surface area contributed by atoms with E-state index in [0.29, 0.717) is 5.56 Å². The van der Waals surface area contributed by atoms with Crippen LogP contribution in [0.4, 0.5) is 13.2 Å². The first-order chi connectivity index (χ1) is 9.43. The minimum absolute atomic E-state index is 0.485. The number of alkyl halides is 3. The average molecular weight is 280 g/mol. The zero-order valence-electron chi connectivity index (χ0n) is 10.6. The van der Waals surface area contributed by atoms with Crippen molar-refractivity contribution in [1.29, 1.82) is 0 Å². The van der Waals surface area contributed by atoms with Crippen molar-refractivity contribution in [3.05, 3.63) is 59.7 Å². The summed E-state index contributed by atoms with van der Waals surface area (Å²) < 4.78 is 43.0. The maximum atomic E-state index is 12.9. The lowest BCUT2D eigenvalue weighted by atomic mass is 9.99. The quantitative estimate of drug-likeness (QED) is 0.772. The summed E-state index contributed by atoms with van der Waals surface area (Å²) >= 11 is 0. The Morgan fingerprint density at radius 2 is 1.65 bits per heavy atom. The molecule has 0 saturated heterocycles. The van der Waals surface area contributed by atoms with E-state index in [1.165, 1.54) is 12.1 Å². The number of methoxy groups -OCH3 is 1. The fraction of sp³-hybridized carbons (Fsp3) is 0.133. The van der Waals surface area contributed by atoms with E-state index in [0.717, 1.165) is 18.7 Å². The van der Waals surface area contributed by atoms with Gasteiger partial charge < -0.3 is 4.74 Å². The number of carbonyl (C=O) groups is 1. The molecule has 0 heterocycles. The molecule has 0 spiro atoms. The van der Waals surface area contributed by atoms with Crippen LogP contribution < -0.4 is 0 Å². The van der Waals surface area contributed by atoms with Crippen LogP contribution in [0.15, 0.2) is 48.5 Å². The van der Waals surface area contributed by atoms with E-state index in [2.05, 4.69) is 4.74 Å². The number of carbonyl (C=O) groups excluding carboxylic acids is 1. The van der Waals surface area contributed by atoms with Gasteiger partial charge in [0.25, 0.3) is 0 Å². The Balaban J connectivity index is 2.58. The minimum atomic E-state index is -4.60. The molecule has 2 rings (SSSR count). The molecule has 5 heteroatoms. The van der Waals surface area contributed by atoms with Gasteiger partial charge in [0.15, 0.2) is 0 Å². The molecule has 0 aliphatic carbocycles. The van der Waals surface area contributed by atoms with Crippen molar-refractivity contribution in [3.8, 4) is 11.1 Å². The summed E-state index contributed by atoms with van der Waals surface area (Å²) in [6.07, 6.45) is -4.60. The van der Waals surface area contributed by atoms with Crippen molar-refractivity contribution in [2.24, 2.45) is 0 Å². The lowest BCUT2D eigenvalue weighted by molar-refractivity contribution is -0.138. The van der Waals surface area contributed by atoms with E-state index in [4.69, 9.17) is 0 Å². The first kappa shape index (κ1) is 14.1. The minimum Gasteiger partial charge on any atom is -0.465 e. The van der Waals surface area contributed by atoms with E-state index in [1.54, 1.807) is 30.3 Å². The molecular formula is C15H11F3O2. The van der Waals surface area contributed by atoms with Gasteiger partial charge in [-0.15, -0.1) is 0 Å². The number of benzene rings is 2. The molecule has 0 amide bonds. The zero-order valence-corrected chi connectivity index (χ0v) is 10.6. The Morgan fingerprint density at radius 3 is 2.20 bits per heavy atom. The van der Waals surface area contributed by atoms with Crippen LogP contribution in [0.5, 0.6) is 0 Å². The maximum Gasteiger partial charge on any atom is 0.417 e. The van der Waals surface area contributed by atoms with Gasteiger partial charge in [0.1, 0.15) is 0 Å². The molecule has 2 aromatic carbocycles. The fourth-order valence-electron chi connectivity index (χ4n) is 1.88. The van der Waals surface area contributed by atoms with Gasteiger partial charge in [0, 0.05) is 0 Å². The van der Waals surface area contributed by atoms with Gasteiger partial charge in [-0.1, -0.05) is 36.4 Å². The molecule has 2 nitrogen and oxygen atoms in total. The Kier molecular flexibility index (Phi) is 3.79. The van der Waals surface area contributed by atoms with Crippen molar-refractivity contribution >= 4 is 5.97 Å². The van der Waals surface area contributed by atoms with Crippen LogP contribution >= 0.6 is 0 Å². The van der Waals surface area contributed by atoms with Crippen molar-refractivity contribution in [2.45, 2.75) is 6.18 Å². The van der Waals surface area contributed by atoms with Gasteiger partial charge in [0.2, 0.25) is 0 Å². The summed E-state index contributed by atoms with van der Waals surface area (Å²) in [7, 11) is 1.05. The van der Waals surface area contributed by atoms with Gasteiger partial charge >= 0.3 is 12.1 Å². The first-order valence-electron chi connectivity index (χ1n) is 5.78. The number of rotatable bonds is 2. The molecule has 0 atom stereocenters. The fourth-order valence-corrected chi connectivity index (χ4v) is 1.88. The lowest BCUT2D eigenvalue weighted by Crippen LogP contribution is -2.14. The largest absolute Gasteiger partial charge is 0.465 e. The molecular weight excluding hydrogens is 269 g/mol. The van der Waals surface area contributed by atoms with E-state index >= 15 is 0 Å². The third kappa shape index (κ3) is 2.82. The standard InChI is InChI=1S/C15H11F3O2/c1-20-14(19)12-9-11(10-5-3-2-4-6-10)7-8-13(12)15(16,17)18/h2-9H,1H3. The highest BCUT2D eigenvalue weighted by molar-refractivity contribution is 5.93. The van der Waals surface area contributed by atoms with Crippen LogP contribution in [0.3, 0.4) is 0 Å². The Bertz CT molecular complexity index is 619. The molecule has 104 valence electrons. The second-order valence-corrected chi connectivity index (χ2v) is 4.12. The highest BCUT2D eigenvalue weighted by Gasteiger charge is 2.35. The van der Waals surface area contributed by atoms with E-state index < -0.39 is 23.3 Å². The summed E-state index contributed by atoms with van der Waals surface area (Å²) in [4.78, 5) is 11.5. The molecule has 0 radical (unpaired) electrons. The normalized spacial score (nSPS) is 11.2. The third-order valence-corrected chi connectivity index (χ3v) is 2.84. The summed E-state index contributed by atoms with van der Waals surface area (Å²) in [5, 5.41) is 0. The smallest absolute Gasteiger partial charge is 0.417 e. The van der Waals surface area contributed by atoms with Crippen LogP contribution in [0, 0.1) is 0 Å². The predicted octanol–water partition coefficient (Wildman–Crippen LogP) is 4.16. The Labute approximate surface area is 113 Å². The van der Waals surface area contributed by atoms with Crippen LogP contribution in [-0.2, 0) is 10.9 Å². The first-order valence-corrected chi connectivity index (χ1v) is 5.78. The van der Waals surface area contributed by atoms with Crippen molar-refractivity contribution in [2.75, 3.05) is 7.11 Å². The third-order valence-electron chi connectivity index (χ3n) is 2.84. The summed E-state index contributed by atoms with van der Waals surface area (Å²) in [6, 6.07) is 12.3. The molecule has 0 aromatic heterocycles. The van der Waals surface area contributed by atoms with Gasteiger partial charge in [-0.3, -0.25) is 0 Å². The zero-order chi connectivity index (χ0) is 14.8. The van der Waals surface area contributed by atoms with Crippen LogP contribution in [0.2, 0.25) is 0 Å². The summed E-state index contributed by atoms with van der Waals surface area (Å²) in [5.74, 6) is -1.00. The molecule has 20 heavy (non-hydrogen) atoms. The SMILES string of the molecule is COC(=O)c1cc(-c2ccccc2)ccc1C(F)(F)F. The van der Waals surface area contributed by atoms with E-state index in [-0.39, 0.29) is 0 Å². The summed E-state index contributed by atoms with van der Waals surface area (Å²) in [5.41, 5.74) is -0.226. The molecule has 0 aliphatic rings. The Morgan fingerprint density at radius 1 is 1.00 bits per heavy atom. The topological polar surface area (TPSA) is 26.3 Å². The molecule has 0 unspecified atom stereocenters. The summed E-state index contributed by atoms with van der Waals surface area (Å²) in [6.45, 7) is 0. The van der Waals surface area contributed by atoms with E-state index in [9.17, 15) is 18.0 Å². The molecule has 0 bridgehead atoms. The highest BCUT2D eigenvalue weighted by atomic mass is 19.4. The second kappa shape index (κ2) is 5.36. The molecule has 0 aliphatic heterocycles. The van der Waals surface area contributed by atoms with Crippen molar-refractivity contribution in [3.63, 3.8) is 0 Å². The number of hydrogen-bond acceptors (Lipinski definition) is 2. The number of halogens is 3. The Hall–Kier alpha value is -2.30. The highest BCUT2D eigenvalue weighted by Crippen LogP contribution is 2.34.